The minimum atomic E-state index is -1.36. The molecule has 0 radical (unpaired) electrons. The standard InChI is InChI=1S/C24H37N5O6/c1-15(30)20(23(33)29-13-7-11-19(29)24(34)35)28-22(32)18(14-16-8-3-2-4-9-16)27-21(31)17(26)10-5-6-12-25/h2-4,8-9,15,17-20,30H,5-7,10-14,25-26H2,1H3,(H,27,31)(H,28,32)(H,34,35). The maximum atomic E-state index is 13.2. The normalized spacial score (nSPS) is 18.9. The van der Waals surface area contributed by atoms with Crippen molar-refractivity contribution in [3.63, 3.8) is 0 Å². The van der Waals surface area contributed by atoms with E-state index in [0.717, 1.165) is 16.9 Å². The van der Waals surface area contributed by atoms with E-state index in [-0.39, 0.29) is 13.0 Å². The van der Waals surface area contributed by atoms with Crippen molar-refractivity contribution >= 4 is 23.7 Å². The van der Waals surface area contributed by atoms with Crippen LogP contribution in [-0.2, 0) is 25.6 Å². The van der Waals surface area contributed by atoms with Gasteiger partial charge in [0.2, 0.25) is 17.7 Å². The molecule has 0 aliphatic carbocycles. The smallest absolute Gasteiger partial charge is 0.326 e. The second kappa shape index (κ2) is 13.8. The van der Waals surface area contributed by atoms with Gasteiger partial charge in [-0.2, -0.15) is 0 Å². The highest BCUT2D eigenvalue weighted by Crippen LogP contribution is 2.19. The van der Waals surface area contributed by atoms with Crippen molar-refractivity contribution in [2.45, 2.75) is 75.7 Å². The molecule has 1 aliphatic heterocycles. The molecule has 0 saturated carbocycles. The Labute approximate surface area is 205 Å². The molecular formula is C24H37N5O6. The second-order valence-corrected chi connectivity index (χ2v) is 8.90. The van der Waals surface area contributed by atoms with Gasteiger partial charge in [0, 0.05) is 13.0 Å². The Bertz CT molecular complexity index is 865. The number of hydrogen-bond acceptors (Lipinski definition) is 7. The number of likely N-dealkylation sites (tertiary alicyclic amines) is 1. The summed E-state index contributed by atoms with van der Waals surface area (Å²) in [6.07, 6.45) is 1.46. The number of aliphatic hydroxyl groups is 1. The Kier molecular flexibility index (Phi) is 11.1. The van der Waals surface area contributed by atoms with Crippen LogP contribution in [0.3, 0.4) is 0 Å². The summed E-state index contributed by atoms with van der Waals surface area (Å²) in [7, 11) is 0. The number of carbonyl (C=O) groups is 4. The number of aliphatic carboxylic acids is 1. The van der Waals surface area contributed by atoms with E-state index in [4.69, 9.17) is 11.5 Å². The SMILES string of the molecule is CC(O)C(NC(=O)C(Cc1ccccc1)NC(=O)C(N)CCCCN)C(=O)N1CCCC1C(=O)O. The molecule has 3 amide bonds. The first-order chi connectivity index (χ1) is 16.6. The van der Waals surface area contributed by atoms with Crippen LogP contribution in [0.5, 0.6) is 0 Å². The van der Waals surface area contributed by atoms with Crippen molar-refractivity contribution < 1.29 is 29.4 Å². The number of rotatable bonds is 13. The quantitative estimate of drug-likeness (QED) is 0.192. The number of nitrogens with one attached hydrogen (secondary N) is 2. The third-order valence-electron chi connectivity index (χ3n) is 6.09. The lowest BCUT2D eigenvalue weighted by atomic mass is 10.0. The van der Waals surface area contributed by atoms with E-state index < -0.39 is 54.0 Å². The van der Waals surface area contributed by atoms with Gasteiger partial charge < -0.3 is 37.2 Å². The molecular weight excluding hydrogens is 454 g/mol. The van der Waals surface area contributed by atoms with Crippen molar-refractivity contribution in [3.05, 3.63) is 35.9 Å². The second-order valence-electron chi connectivity index (χ2n) is 8.90. The zero-order chi connectivity index (χ0) is 26.0. The molecule has 2 rings (SSSR count). The van der Waals surface area contributed by atoms with Crippen molar-refractivity contribution in [1.82, 2.24) is 15.5 Å². The van der Waals surface area contributed by atoms with Gasteiger partial charge in [-0.25, -0.2) is 4.79 Å². The van der Waals surface area contributed by atoms with Crippen molar-refractivity contribution in [3.8, 4) is 0 Å². The summed E-state index contributed by atoms with van der Waals surface area (Å²) < 4.78 is 0. The highest BCUT2D eigenvalue weighted by molar-refractivity contribution is 5.94. The minimum Gasteiger partial charge on any atom is -0.480 e. The summed E-state index contributed by atoms with van der Waals surface area (Å²) >= 11 is 0. The van der Waals surface area contributed by atoms with Crippen molar-refractivity contribution in [2.24, 2.45) is 11.5 Å². The topological polar surface area (TPSA) is 188 Å². The van der Waals surface area contributed by atoms with Crippen LogP contribution in [0.15, 0.2) is 30.3 Å². The van der Waals surface area contributed by atoms with Gasteiger partial charge in [-0.3, -0.25) is 14.4 Å². The number of carboxylic acid groups (broad SMARTS) is 1. The lowest BCUT2D eigenvalue weighted by molar-refractivity contribution is -0.150. The summed E-state index contributed by atoms with van der Waals surface area (Å²) in [4.78, 5) is 51.7. The lowest BCUT2D eigenvalue weighted by Gasteiger charge is -2.30. The van der Waals surface area contributed by atoms with E-state index in [2.05, 4.69) is 10.6 Å². The minimum absolute atomic E-state index is 0.135. The number of amides is 3. The van der Waals surface area contributed by atoms with E-state index in [9.17, 15) is 29.4 Å². The van der Waals surface area contributed by atoms with Crippen LogP contribution in [0.1, 0.15) is 44.6 Å². The highest BCUT2D eigenvalue weighted by atomic mass is 16.4. The van der Waals surface area contributed by atoms with E-state index in [1.165, 1.54) is 6.92 Å². The Morgan fingerprint density at radius 1 is 1.11 bits per heavy atom. The molecule has 1 aliphatic rings. The summed E-state index contributed by atoms with van der Waals surface area (Å²) in [6, 6.07) is 4.75. The molecule has 1 aromatic carbocycles. The van der Waals surface area contributed by atoms with Gasteiger partial charge in [0.25, 0.3) is 0 Å². The molecule has 1 aromatic rings. The molecule has 1 fully saturated rings. The van der Waals surface area contributed by atoms with E-state index >= 15 is 0 Å². The number of carbonyl (C=O) groups excluding carboxylic acids is 3. The number of hydrogen-bond donors (Lipinski definition) is 6. The first kappa shape index (κ1) is 28.2. The Morgan fingerprint density at radius 3 is 2.40 bits per heavy atom. The number of aliphatic hydroxyl groups excluding tert-OH is 1. The maximum absolute atomic E-state index is 13.2. The maximum Gasteiger partial charge on any atom is 0.326 e. The average Bonchev–Trinajstić information content (AvgIpc) is 3.32. The molecule has 0 bridgehead atoms. The van der Waals surface area contributed by atoms with E-state index in [1.54, 1.807) is 24.3 Å². The monoisotopic (exact) mass is 491 g/mol. The molecule has 194 valence electrons. The Balaban J connectivity index is 2.17. The molecule has 5 unspecified atom stereocenters. The van der Waals surface area contributed by atoms with Crippen LogP contribution in [0.2, 0.25) is 0 Å². The molecule has 1 heterocycles. The van der Waals surface area contributed by atoms with Crippen LogP contribution in [0, 0.1) is 0 Å². The fourth-order valence-corrected chi connectivity index (χ4v) is 4.09. The van der Waals surface area contributed by atoms with Crippen LogP contribution in [0.4, 0.5) is 0 Å². The Hall–Kier alpha value is -3.02. The predicted molar refractivity (Wildman–Crippen MR) is 129 cm³/mol. The number of nitrogens with zero attached hydrogens (tertiary/aromatic N) is 1. The largest absolute Gasteiger partial charge is 0.480 e. The van der Waals surface area contributed by atoms with Crippen LogP contribution in [-0.4, -0.2) is 82.2 Å². The zero-order valence-electron chi connectivity index (χ0n) is 20.1. The number of benzene rings is 1. The van der Waals surface area contributed by atoms with Crippen LogP contribution in [0.25, 0.3) is 0 Å². The summed E-state index contributed by atoms with van der Waals surface area (Å²) in [5.74, 6) is -3.00. The van der Waals surface area contributed by atoms with Gasteiger partial charge in [0.1, 0.15) is 18.1 Å². The number of unbranched alkanes of at least 4 members (excludes halogenated alkanes) is 1. The average molecular weight is 492 g/mol. The summed E-state index contributed by atoms with van der Waals surface area (Å²) in [5.41, 5.74) is 12.2. The highest BCUT2D eigenvalue weighted by Gasteiger charge is 2.40. The number of carboxylic acids is 1. The molecule has 5 atom stereocenters. The van der Waals surface area contributed by atoms with Gasteiger partial charge in [-0.15, -0.1) is 0 Å². The molecule has 11 nitrogen and oxygen atoms in total. The van der Waals surface area contributed by atoms with Gasteiger partial charge in [-0.1, -0.05) is 36.8 Å². The van der Waals surface area contributed by atoms with E-state index in [0.29, 0.717) is 32.2 Å². The lowest BCUT2D eigenvalue weighted by Crippen LogP contribution is -2.60. The van der Waals surface area contributed by atoms with Crippen LogP contribution >= 0.6 is 0 Å². The van der Waals surface area contributed by atoms with Gasteiger partial charge in [0.15, 0.2) is 0 Å². The van der Waals surface area contributed by atoms with E-state index in [1.807, 2.05) is 6.07 Å². The molecule has 11 heteroatoms. The molecule has 0 spiro atoms. The first-order valence-corrected chi connectivity index (χ1v) is 12.0. The third kappa shape index (κ3) is 8.30. The third-order valence-corrected chi connectivity index (χ3v) is 6.09. The predicted octanol–water partition coefficient (Wildman–Crippen LogP) is -0.889. The number of nitrogens with two attached hydrogens (primary N) is 2. The molecule has 1 saturated heterocycles. The van der Waals surface area contributed by atoms with Crippen molar-refractivity contribution in [1.29, 1.82) is 0 Å². The van der Waals surface area contributed by atoms with Crippen molar-refractivity contribution in [2.75, 3.05) is 13.1 Å². The fourth-order valence-electron chi connectivity index (χ4n) is 4.09. The Morgan fingerprint density at radius 2 is 1.80 bits per heavy atom. The van der Waals surface area contributed by atoms with Gasteiger partial charge >= 0.3 is 5.97 Å². The zero-order valence-corrected chi connectivity index (χ0v) is 20.1. The van der Waals surface area contributed by atoms with Gasteiger partial charge in [0.05, 0.1) is 12.1 Å². The molecule has 35 heavy (non-hydrogen) atoms. The summed E-state index contributed by atoms with van der Waals surface area (Å²) in [5, 5.41) is 24.8. The molecule has 0 aromatic heterocycles. The first-order valence-electron chi connectivity index (χ1n) is 12.0. The van der Waals surface area contributed by atoms with Crippen LogP contribution < -0.4 is 22.1 Å². The summed E-state index contributed by atoms with van der Waals surface area (Å²) in [6.45, 7) is 2.05. The van der Waals surface area contributed by atoms with Gasteiger partial charge in [-0.05, 0) is 44.7 Å². The molecule has 8 N–H and O–H groups in total. The fraction of sp³-hybridized carbons (Fsp3) is 0.583.